The molecule has 0 unspecified atom stereocenters. The van der Waals surface area contributed by atoms with E-state index in [2.05, 4.69) is 10.6 Å². The molecule has 16 heavy (non-hydrogen) atoms. The van der Waals surface area contributed by atoms with Crippen LogP contribution in [0.1, 0.15) is 20.3 Å². The summed E-state index contributed by atoms with van der Waals surface area (Å²) in [6, 6.07) is 0. The summed E-state index contributed by atoms with van der Waals surface area (Å²) in [5.74, 6) is -2.04. The van der Waals surface area contributed by atoms with Crippen molar-refractivity contribution in [3.05, 3.63) is 0 Å². The Labute approximate surface area is 93.4 Å². The summed E-state index contributed by atoms with van der Waals surface area (Å²) in [6.45, 7) is 2.67. The Morgan fingerprint density at radius 3 is 2.06 bits per heavy atom. The summed E-state index contributed by atoms with van der Waals surface area (Å²) in [7, 11) is 0. The molecule has 0 aliphatic heterocycles. The van der Waals surface area contributed by atoms with Gasteiger partial charge < -0.3 is 21.5 Å². The van der Waals surface area contributed by atoms with E-state index in [1.165, 1.54) is 0 Å². The highest BCUT2D eigenvalue weighted by Gasteiger charge is 2.16. The molecule has 5 N–H and O–H groups in total. The van der Waals surface area contributed by atoms with Gasteiger partial charge in [0.05, 0.1) is 6.54 Å². The van der Waals surface area contributed by atoms with Gasteiger partial charge in [-0.1, -0.05) is 0 Å². The zero-order valence-corrected chi connectivity index (χ0v) is 9.37. The van der Waals surface area contributed by atoms with Gasteiger partial charge in [-0.25, -0.2) is 0 Å². The Morgan fingerprint density at radius 2 is 1.62 bits per heavy atom. The molecule has 7 nitrogen and oxygen atoms in total. The summed E-state index contributed by atoms with van der Waals surface area (Å²) in [6.07, 6.45) is 0.0964. The van der Waals surface area contributed by atoms with Crippen LogP contribution in [0.3, 0.4) is 0 Å². The van der Waals surface area contributed by atoms with Gasteiger partial charge in [-0.05, 0) is 13.8 Å². The lowest BCUT2D eigenvalue weighted by Crippen LogP contribution is -2.43. The van der Waals surface area contributed by atoms with Gasteiger partial charge in [0, 0.05) is 12.0 Å². The first-order chi connectivity index (χ1) is 7.20. The third-order valence-electron chi connectivity index (χ3n) is 1.50. The standard InChI is InChI=1S/C9H17N3O4/c1-9(2,10)3-6(13)11-4-7(14)12-5-8(15)16/h3-5,10H2,1-2H3,(H,11,13)(H,12,14)(H,15,16). The van der Waals surface area contributed by atoms with E-state index in [4.69, 9.17) is 10.8 Å². The van der Waals surface area contributed by atoms with Crippen molar-refractivity contribution in [1.29, 1.82) is 0 Å². The molecule has 0 rings (SSSR count). The smallest absolute Gasteiger partial charge is 0.322 e. The molecule has 0 bridgehead atoms. The fourth-order valence-corrected chi connectivity index (χ4v) is 0.892. The van der Waals surface area contributed by atoms with Crippen molar-refractivity contribution in [3.63, 3.8) is 0 Å². The molecule has 0 aromatic carbocycles. The van der Waals surface area contributed by atoms with E-state index in [-0.39, 0.29) is 18.9 Å². The zero-order valence-electron chi connectivity index (χ0n) is 9.37. The number of nitrogens with two attached hydrogens (primary N) is 1. The van der Waals surface area contributed by atoms with Crippen LogP contribution in [-0.4, -0.2) is 41.5 Å². The number of amides is 2. The molecular weight excluding hydrogens is 214 g/mol. The minimum atomic E-state index is -1.14. The van der Waals surface area contributed by atoms with Crippen molar-refractivity contribution >= 4 is 17.8 Å². The Bertz CT molecular complexity index is 283. The van der Waals surface area contributed by atoms with Crippen LogP contribution in [0.2, 0.25) is 0 Å². The highest BCUT2D eigenvalue weighted by molar-refractivity contribution is 5.86. The first-order valence-electron chi connectivity index (χ1n) is 4.75. The number of aliphatic carboxylic acids is 1. The number of rotatable bonds is 6. The lowest BCUT2D eigenvalue weighted by Gasteiger charge is -2.17. The quantitative estimate of drug-likeness (QED) is 0.440. The van der Waals surface area contributed by atoms with Gasteiger partial charge in [0.25, 0.3) is 0 Å². The second kappa shape index (κ2) is 6.06. The largest absolute Gasteiger partial charge is 0.480 e. The average Bonchev–Trinajstić information content (AvgIpc) is 2.08. The van der Waals surface area contributed by atoms with Gasteiger partial charge >= 0.3 is 5.97 Å². The number of carboxylic acids is 1. The molecule has 0 aromatic rings. The monoisotopic (exact) mass is 231 g/mol. The Hall–Kier alpha value is -1.63. The second-order valence-electron chi connectivity index (χ2n) is 4.11. The summed E-state index contributed by atoms with van der Waals surface area (Å²) in [5, 5.41) is 12.7. The van der Waals surface area contributed by atoms with Crippen molar-refractivity contribution in [1.82, 2.24) is 10.6 Å². The summed E-state index contributed by atoms with van der Waals surface area (Å²) in [4.78, 5) is 32.3. The molecule has 0 saturated carbocycles. The topological polar surface area (TPSA) is 122 Å². The minimum Gasteiger partial charge on any atom is -0.480 e. The molecule has 0 radical (unpaired) electrons. The highest BCUT2D eigenvalue weighted by atomic mass is 16.4. The van der Waals surface area contributed by atoms with E-state index in [1.807, 2.05) is 0 Å². The molecule has 0 spiro atoms. The van der Waals surface area contributed by atoms with Crippen molar-refractivity contribution in [2.75, 3.05) is 13.1 Å². The first kappa shape index (κ1) is 14.4. The van der Waals surface area contributed by atoms with E-state index in [9.17, 15) is 14.4 Å². The van der Waals surface area contributed by atoms with Gasteiger partial charge in [-0.3, -0.25) is 14.4 Å². The summed E-state index contributed by atoms with van der Waals surface area (Å²) >= 11 is 0. The molecule has 7 heteroatoms. The van der Waals surface area contributed by atoms with Gasteiger partial charge in [0.15, 0.2) is 0 Å². The predicted molar refractivity (Wildman–Crippen MR) is 56.5 cm³/mol. The zero-order chi connectivity index (χ0) is 12.8. The Morgan fingerprint density at radius 1 is 1.12 bits per heavy atom. The molecule has 0 aliphatic carbocycles. The van der Waals surface area contributed by atoms with E-state index in [0.717, 1.165) is 0 Å². The van der Waals surface area contributed by atoms with Crippen LogP contribution in [0.4, 0.5) is 0 Å². The van der Waals surface area contributed by atoms with Crippen molar-refractivity contribution in [2.45, 2.75) is 25.8 Å². The van der Waals surface area contributed by atoms with E-state index < -0.39 is 24.0 Å². The van der Waals surface area contributed by atoms with Crippen molar-refractivity contribution in [2.24, 2.45) is 5.73 Å². The number of carboxylic acid groups (broad SMARTS) is 1. The van der Waals surface area contributed by atoms with Gasteiger partial charge in [-0.15, -0.1) is 0 Å². The molecule has 0 atom stereocenters. The molecule has 0 aliphatic rings. The number of hydrogen-bond donors (Lipinski definition) is 4. The van der Waals surface area contributed by atoms with E-state index in [1.54, 1.807) is 13.8 Å². The lowest BCUT2D eigenvalue weighted by molar-refractivity contribution is -0.137. The second-order valence-corrected chi connectivity index (χ2v) is 4.11. The predicted octanol–water partition coefficient (Wildman–Crippen LogP) is -1.57. The molecule has 92 valence electrons. The molecular formula is C9H17N3O4. The van der Waals surface area contributed by atoms with Gasteiger partial charge in [0.2, 0.25) is 11.8 Å². The Balaban J connectivity index is 3.76. The van der Waals surface area contributed by atoms with Crippen molar-refractivity contribution < 1.29 is 19.5 Å². The van der Waals surface area contributed by atoms with Gasteiger partial charge in [0.1, 0.15) is 6.54 Å². The first-order valence-corrected chi connectivity index (χ1v) is 4.75. The van der Waals surface area contributed by atoms with Crippen LogP contribution in [0.15, 0.2) is 0 Å². The molecule has 0 saturated heterocycles. The minimum absolute atomic E-state index is 0.0964. The molecule has 2 amide bonds. The number of carbonyl (C=O) groups excluding carboxylic acids is 2. The normalized spacial score (nSPS) is 10.7. The maximum Gasteiger partial charge on any atom is 0.322 e. The van der Waals surface area contributed by atoms with Crippen LogP contribution in [0, 0.1) is 0 Å². The average molecular weight is 231 g/mol. The van der Waals surface area contributed by atoms with E-state index in [0.29, 0.717) is 0 Å². The van der Waals surface area contributed by atoms with Crippen LogP contribution in [0.5, 0.6) is 0 Å². The third kappa shape index (κ3) is 8.95. The van der Waals surface area contributed by atoms with Crippen LogP contribution in [0.25, 0.3) is 0 Å². The number of nitrogens with one attached hydrogen (secondary N) is 2. The van der Waals surface area contributed by atoms with E-state index >= 15 is 0 Å². The number of hydrogen-bond acceptors (Lipinski definition) is 4. The van der Waals surface area contributed by atoms with Crippen LogP contribution in [-0.2, 0) is 14.4 Å². The maximum atomic E-state index is 11.2. The highest BCUT2D eigenvalue weighted by Crippen LogP contribution is 2.01. The van der Waals surface area contributed by atoms with Gasteiger partial charge in [-0.2, -0.15) is 0 Å². The molecule has 0 fully saturated rings. The third-order valence-corrected chi connectivity index (χ3v) is 1.50. The van der Waals surface area contributed by atoms with Crippen molar-refractivity contribution in [3.8, 4) is 0 Å². The lowest BCUT2D eigenvalue weighted by atomic mass is 10.0. The fraction of sp³-hybridized carbons (Fsp3) is 0.667. The SMILES string of the molecule is CC(C)(N)CC(=O)NCC(=O)NCC(=O)O. The van der Waals surface area contributed by atoms with Crippen LogP contribution >= 0.6 is 0 Å². The number of carbonyl (C=O) groups is 3. The molecule has 0 aromatic heterocycles. The maximum absolute atomic E-state index is 11.2. The Kier molecular flexibility index (Phi) is 5.44. The summed E-state index contributed by atoms with van der Waals surface area (Å²) < 4.78 is 0. The summed E-state index contributed by atoms with van der Waals surface area (Å²) in [5.41, 5.74) is 4.96. The molecule has 0 heterocycles. The fourth-order valence-electron chi connectivity index (χ4n) is 0.892. The van der Waals surface area contributed by atoms with Crippen LogP contribution < -0.4 is 16.4 Å².